The molecule has 0 saturated carbocycles. The monoisotopic (exact) mass is 435 g/mol. The number of phenolic OH excluding ortho intramolecular Hbond substituents is 1. The largest absolute Gasteiger partial charge is 0.508 e. The smallest absolute Gasteiger partial charge is 0.408 e. The van der Waals surface area contributed by atoms with Crippen molar-refractivity contribution in [3.05, 3.63) is 101 Å². The minimum Gasteiger partial charge on any atom is -0.508 e. The molecule has 0 fully saturated rings. The van der Waals surface area contributed by atoms with E-state index in [-0.39, 0.29) is 24.6 Å². The first kappa shape index (κ1) is 22.5. The fraction of sp³-hybridized carbons (Fsp3) is 0.125. The van der Waals surface area contributed by atoms with E-state index >= 15 is 0 Å². The highest BCUT2D eigenvalue weighted by atomic mass is 19.1. The number of rotatable bonds is 8. The molecular weight excluding hydrogens is 413 g/mol. The molecular formula is C24H22FN3O4. The average Bonchev–Trinajstić information content (AvgIpc) is 2.80. The van der Waals surface area contributed by atoms with Crippen LogP contribution in [0.4, 0.5) is 9.18 Å². The van der Waals surface area contributed by atoms with Crippen LogP contribution in [0.5, 0.6) is 5.75 Å². The molecule has 164 valence electrons. The van der Waals surface area contributed by atoms with Gasteiger partial charge >= 0.3 is 6.09 Å². The topological polar surface area (TPSA) is 100 Å². The van der Waals surface area contributed by atoms with Crippen LogP contribution < -0.4 is 10.7 Å². The zero-order chi connectivity index (χ0) is 22.8. The third-order valence-electron chi connectivity index (χ3n) is 4.46. The van der Waals surface area contributed by atoms with Crippen molar-refractivity contribution in [1.29, 1.82) is 0 Å². The summed E-state index contributed by atoms with van der Waals surface area (Å²) >= 11 is 0. The molecule has 3 aromatic rings. The third kappa shape index (κ3) is 7.24. The second-order valence-electron chi connectivity index (χ2n) is 6.92. The Hall–Kier alpha value is -4.20. The van der Waals surface area contributed by atoms with E-state index in [9.17, 15) is 19.1 Å². The van der Waals surface area contributed by atoms with Crippen molar-refractivity contribution in [3.63, 3.8) is 0 Å². The van der Waals surface area contributed by atoms with Crippen molar-refractivity contribution in [1.82, 2.24) is 10.7 Å². The van der Waals surface area contributed by atoms with Crippen molar-refractivity contribution in [3.8, 4) is 5.75 Å². The second kappa shape index (κ2) is 11.3. The number of nitrogens with zero attached hydrogens (tertiary/aromatic N) is 1. The van der Waals surface area contributed by atoms with Gasteiger partial charge in [0.25, 0.3) is 5.91 Å². The van der Waals surface area contributed by atoms with Crippen molar-refractivity contribution in [2.24, 2.45) is 5.10 Å². The standard InChI is InChI=1S/C24H22FN3O4/c25-20-10-6-18(7-11-20)15-26-28-23(30)22(14-17-8-12-21(29)13-9-17)27-24(31)32-16-19-4-2-1-3-5-19/h1-13,15,22,29H,14,16H2,(H,27,31)(H,28,30)/b26-15+. The molecule has 7 nitrogen and oxygen atoms in total. The maximum absolute atomic E-state index is 13.0. The molecule has 0 bridgehead atoms. The molecule has 3 N–H and O–H groups in total. The Morgan fingerprint density at radius 3 is 2.34 bits per heavy atom. The fourth-order valence-electron chi connectivity index (χ4n) is 2.78. The molecule has 0 saturated heterocycles. The Bertz CT molecular complexity index is 1050. The molecule has 3 aromatic carbocycles. The highest BCUT2D eigenvalue weighted by Gasteiger charge is 2.22. The minimum atomic E-state index is -0.979. The van der Waals surface area contributed by atoms with E-state index in [1.165, 1.54) is 42.6 Å². The van der Waals surface area contributed by atoms with Gasteiger partial charge in [0.15, 0.2) is 0 Å². The summed E-state index contributed by atoms with van der Waals surface area (Å²) in [4.78, 5) is 24.9. The number of amides is 2. The van der Waals surface area contributed by atoms with Gasteiger partial charge in [-0.05, 0) is 41.0 Å². The molecule has 1 atom stereocenters. The molecule has 1 unspecified atom stereocenters. The van der Waals surface area contributed by atoms with Crippen LogP contribution >= 0.6 is 0 Å². The first-order valence-corrected chi connectivity index (χ1v) is 9.83. The summed E-state index contributed by atoms with van der Waals surface area (Å²) in [5.41, 5.74) is 4.50. The van der Waals surface area contributed by atoms with Crippen molar-refractivity contribution < 1.29 is 23.8 Å². The van der Waals surface area contributed by atoms with Gasteiger partial charge in [-0.3, -0.25) is 4.79 Å². The highest BCUT2D eigenvalue weighted by Crippen LogP contribution is 2.12. The molecule has 8 heteroatoms. The number of hydrogen-bond acceptors (Lipinski definition) is 5. The van der Waals surface area contributed by atoms with Crippen LogP contribution in [0.2, 0.25) is 0 Å². The summed E-state index contributed by atoms with van der Waals surface area (Å²) in [7, 11) is 0. The fourth-order valence-corrected chi connectivity index (χ4v) is 2.78. The summed E-state index contributed by atoms with van der Waals surface area (Å²) in [5, 5.41) is 15.9. The van der Waals surface area contributed by atoms with Crippen molar-refractivity contribution in [2.45, 2.75) is 19.1 Å². The molecule has 0 aromatic heterocycles. The quantitative estimate of drug-likeness (QED) is 0.372. The first-order valence-electron chi connectivity index (χ1n) is 9.83. The normalized spacial score (nSPS) is 11.7. The van der Waals surface area contributed by atoms with Gasteiger partial charge < -0.3 is 15.2 Å². The lowest BCUT2D eigenvalue weighted by Gasteiger charge is -2.17. The van der Waals surface area contributed by atoms with Crippen LogP contribution in [0.25, 0.3) is 0 Å². The number of carbonyl (C=O) groups excluding carboxylic acids is 2. The Kier molecular flexibility index (Phi) is 7.91. The molecule has 0 aliphatic carbocycles. The molecule has 0 spiro atoms. The lowest BCUT2D eigenvalue weighted by Crippen LogP contribution is -2.47. The minimum absolute atomic E-state index is 0.0585. The lowest BCUT2D eigenvalue weighted by atomic mass is 10.1. The van der Waals surface area contributed by atoms with E-state index in [4.69, 9.17) is 4.74 Å². The summed E-state index contributed by atoms with van der Waals surface area (Å²) in [6.07, 6.45) is 0.761. The summed E-state index contributed by atoms with van der Waals surface area (Å²) in [6, 6.07) is 20.0. The molecule has 3 rings (SSSR count). The van der Waals surface area contributed by atoms with Crippen LogP contribution in [0.15, 0.2) is 84.0 Å². The van der Waals surface area contributed by atoms with E-state index < -0.39 is 18.0 Å². The van der Waals surface area contributed by atoms with E-state index in [1.807, 2.05) is 30.3 Å². The van der Waals surface area contributed by atoms with Crippen molar-refractivity contribution in [2.75, 3.05) is 0 Å². The Morgan fingerprint density at radius 1 is 0.969 bits per heavy atom. The first-order chi connectivity index (χ1) is 15.5. The average molecular weight is 435 g/mol. The molecule has 0 aliphatic heterocycles. The Morgan fingerprint density at radius 2 is 1.66 bits per heavy atom. The van der Waals surface area contributed by atoms with Gasteiger partial charge in [0.1, 0.15) is 24.2 Å². The van der Waals surface area contributed by atoms with Gasteiger partial charge in [-0.25, -0.2) is 14.6 Å². The Balaban J connectivity index is 1.63. The van der Waals surface area contributed by atoms with Crippen LogP contribution in [0.3, 0.4) is 0 Å². The lowest BCUT2D eigenvalue weighted by molar-refractivity contribution is -0.123. The predicted molar refractivity (Wildman–Crippen MR) is 117 cm³/mol. The van der Waals surface area contributed by atoms with Crippen LogP contribution in [0, 0.1) is 5.82 Å². The molecule has 0 aliphatic rings. The van der Waals surface area contributed by atoms with E-state index in [0.29, 0.717) is 11.1 Å². The van der Waals surface area contributed by atoms with Gasteiger partial charge in [0.2, 0.25) is 0 Å². The van der Waals surface area contributed by atoms with Crippen LogP contribution in [-0.2, 0) is 22.6 Å². The number of halogens is 1. The molecule has 0 radical (unpaired) electrons. The van der Waals surface area contributed by atoms with Gasteiger partial charge in [-0.1, -0.05) is 54.6 Å². The number of alkyl carbamates (subject to hydrolysis) is 1. The SMILES string of the molecule is O=C(NC(Cc1ccc(O)cc1)C(=O)N/N=C/c1ccc(F)cc1)OCc1ccccc1. The molecule has 0 heterocycles. The zero-order valence-electron chi connectivity index (χ0n) is 17.1. The summed E-state index contributed by atoms with van der Waals surface area (Å²) in [6.45, 7) is 0.0585. The number of hydrogen-bond donors (Lipinski definition) is 3. The van der Waals surface area contributed by atoms with Crippen molar-refractivity contribution >= 4 is 18.2 Å². The van der Waals surface area contributed by atoms with Gasteiger partial charge in [-0.15, -0.1) is 0 Å². The maximum Gasteiger partial charge on any atom is 0.408 e. The second-order valence-corrected chi connectivity index (χ2v) is 6.92. The number of ether oxygens (including phenoxy) is 1. The maximum atomic E-state index is 13.0. The summed E-state index contributed by atoms with van der Waals surface area (Å²) < 4.78 is 18.2. The van der Waals surface area contributed by atoms with Crippen LogP contribution in [0.1, 0.15) is 16.7 Å². The number of aromatic hydroxyl groups is 1. The number of phenols is 1. The molecule has 32 heavy (non-hydrogen) atoms. The predicted octanol–water partition coefficient (Wildman–Crippen LogP) is 3.52. The number of benzene rings is 3. The molecule has 2 amide bonds. The summed E-state index contributed by atoms with van der Waals surface area (Å²) in [5.74, 6) is -0.847. The van der Waals surface area contributed by atoms with Gasteiger partial charge in [0, 0.05) is 6.42 Å². The number of carbonyl (C=O) groups is 2. The van der Waals surface area contributed by atoms with E-state index in [0.717, 1.165) is 5.56 Å². The number of nitrogens with one attached hydrogen (secondary N) is 2. The number of hydrazone groups is 1. The van der Waals surface area contributed by atoms with E-state index in [2.05, 4.69) is 15.8 Å². The third-order valence-corrected chi connectivity index (χ3v) is 4.46. The van der Waals surface area contributed by atoms with Gasteiger partial charge in [-0.2, -0.15) is 5.10 Å². The van der Waals surface area contributed by atoms with E-state index in [1.54, 1.807) is 12.1 Å². The Labute approximate surface area is 184 Å². The highest BCUT2D eigenvalue weighted by molar-refractivity contribution is 5.87. The van der Waals surface area contributed by atoms with Gasteiger partial charge in [0.05, 0.1) is 6.21 Å². The zero-order valence-corrected chi connectivity index (χ0v) is 17.1. The van der Waals surface area contributed by atoms with Crippen LogP contribution in [-0.4, -0.2) is 29.4 Å².